The number of benzene rings is 2. The van der Waals surface area contributed by atoms with Gasteiger partial charge in [0.2, 0.25) is 0 Å². The number of carbonyl (C=O) groups excluding carboxylic acids is 1. The molecule has 5 heteroatoms. The van der Waals surface area contributed by atoms with Crippen molar-refractivity contribution in [1.29, 1.82) is 0 Å². The predicted molar refractivity (Wildman–Crippen MR) is 107 cm³/mol. The number of ether oxygens (including phenoxy) is 1. The number of para-hydroxylation sites is 1. The summed E-state index contributed by atoms with van der Waals surface area (Å²) in [6, 6.07) is 17.5. The molecule has 1 unspecified atom stereocenters. The van der Waals surface area contributed by atoms with Gasteiger partial charge >= 0.3 is 0 Å². The van der Waals surface area contributed by atoms with E-state index in [9.17, 15) is 4.79 Å². The summed E-state index contributed by atoms with van der Waals surface area (Å²) in [5, 5.41) is 3.22. The lowest BCUT2D eigenvalue weighted by atomic mass is 9.97. The summed E-state index contributed by atoms with van der Waals surface area (Å²) in [6.07, 6.45) is 2.28. The van der Waals surface area contributed by atoms with Gasteiger partial charge < -0.3 is 15.0 Å². The molecule has 0 saturated carbocycles. The van der Waals surface area contributed by atoms with E-state index in [4.69, 9.17) is 4.74 Å². The van der Waals surface area contributed by atoms with Crippen LogP contribution in [-0.2, 0) is 6.61 Å². The number of amides is 1. The summed E-state index contributed by atoms with van der Waals surface area (Å²) in [6.45, 7) is 3.18. The quantitative estimate of drug-likeness (QED) is 0.837. The number of hydrogen-bond donors (Lipinski definition) is 1. The van der Waals surface area contributed by atoms with Crippen LogP contribution in [0.3, 0.4) is 0 Å². The van der Waals surface area contributed by atoms with Crippen molar-refractivity contribution in [3.8, 4) is 5.75 Å². The van der Waals surface area contributed by atoms with Crippen LogP contribution in [0.15, 0.2) is 54.6 Å². The number of hydrogen-bond acceptors (Lipinski definition) is 3. The van der Waals surface area contributed by atoms with E-state index in [-0.39, 0.29) is 18.3 Å². The first kappa shape index (κ1) is 20.3. The van der Waals surface area contributed by atoms with E-state index in [0.717, 1.165) is 42.9 Å². The van der Waals surface area contributed by atoms with Gasteiger partial charge in [-0.1, -0.05) is 30.3 Å². The normalized spacial score (nSPS) is 16.7. The van der Waals surface area contributed by atoms with Crippen molar-refractivity contribution in [3.05, 3.63) is 65.7 Å². The van der Waals surface area contributed by atoms with Crippen LogP contribution in [0.25, 0.3) is 0 Å². The Morgan fingerprint density at radius 3 is 2.58 bits per heavy atom. The Labute approximate surface area is 162 Å². The Morgan fingerprint density at radius 1 is 1.15 bits per heavy atom. The Hall–Kier alpha value is -2.04. The first-order valence-corrected chi connectivity index (χ1v) is 8.97. The fourth-order valence-corrected chi connectivity index (χ4v) is 3.31. The van der Waals surface area contributed by atoms with E-state index >= 15 is 0 Å². The van der Waals surface area contributed by atoms with E-state index in [0.29, 0.717) is 12.5 Å². The second-order valence-electron chi connectivity index (χ2n) is 6.62. The van der Waals surface area contributed by atoms with E-state index in [1.54, 1.807) is 0 Å². The van der Waals surface area contributed by atoms with Gasteiger partial charge in [-0.05, 0) is 62.2 Å². The van der Waals surface area contributed by atoms with Crippen LogP contribution in [0.5, 0.6) is 5.75 Å². The van der Waals surface area contributed by atoms with E-state index in [2.05, 4.69) is 5.32 Å². The van der Waals surface area contributed by atoms with E-state index in [1.165, 1.54) is 6.42 Å². The molecule has 0 spiro atoms. The second-order valence-corrected chi connectivity index (χ2v) is 6.62. The number of piperidine rings is 1. The maximum atomic E-state index is 12.7. The smallest absolute Gasteiger partial charge is 0.253 e. The summed E-state index contributed by atoms with van der Waals surface area (Å²) >= 11 is 0. The molecule has 1 saturated heterocycles. The van der Waals surface area contributed by atoms with Gasteiger partial charge in [0.05, 0.1) is 0 Å². The molecular weight excluding hydrogens is 348 g/mol. The number of likely N-dealkylation sites (tertiary alicyclic amines) is 1. The van der Waals surface area contributed by atoms with Crippen LogP contribution < -0.4 is 10.1 Å². The number of halogens is 1. The molecule has 2 aromatic carbocycles. The topological polar surface area (TPSA) is 41.6 Å². The maximum Gasteiger partial charge on any atom is 0.253 e. The van der Waals surface area contributed by atoms with Crippen molar-refractivity contribution in [3.63, 3.8) is 0 Å². The molecular formula is C21H27ClN2O2. The van der Waals surface area contributed by atoms with Gasteiger partial charge in [-0.3, -0.25) is 4.79 Å². The van der Waals surface area contributed by atoms with Crippen molar-refractivity contribution in [2.75, 3.05) is 26.7 Å². The van der Waals surface area contributed by atoms with Crippen molar-refractivity contribution < 1.29 is 9.53 Å². The predicted octanol–water partition coefficient (Wildman–Crippen LogP) is 3.76. The molecule has 0 bridgehead atoms. The molecule has 1 atom stereocenters. The third kappa shape index (κ3) is 5.48. The Morgan fingerprint density at radius 2 is 1.88 bits per heavy atom. The van der Waals surface area contributed by atoms with Crippen LogP contribution in [0.2, 0.25) is 0 Å². The van der Waals surface area contributed by atoms with Gasteiger partial charge in [-0.25, -0.2) is 0 Å². The van der Waals surface area contributed by atoms with Crippen LogP contribution in [0.1, 0.15) is 28.8 Å². The highest BCUT2D eigenvalue weighted by Gasteiger charge is 2.23. The zero-order valence-electron chi connectivity index (χ0n) is 15.2. The number of nitrogens with zero attached hydrogens (tertiary/aromatic N) is 1. The zero-order chi connectivity index (χ0) is 17.5. The van der Waals surface area contributed by atoms with Crippen molar-refractivity contribution >= 4 is 18.3 Å². The zero-order valence-corrected chi connectivity index (χ0v) is 16.0. The molecule has 1 aliphatic rings. The SMILES string of the molecule is CNCC1CCCN(C(=O)c2ccc(COc3ccccc3)cc2)C1.Cl. The van der Waals surface area contributed by atoms with E-state index < -0.39 is 0 Å². The van der Waals surface area contributed by atoms with Gasteiger partial charge in [-0.15, -0.1) is 12.4 Å². The largest absolute Gasteiger partial charge is 0.489 e. The molecule has 0 radical (unpaired) electrons. The van der Waals surface area contributed by atoms with Crippen LogP contribution in [0.4, 0.5) is 0 Å². The molecule has 1 N–H and O–H groups in total. The summed E-state index contributed by atoms with van der Waals surface area (Å²) in [7, 11) is 1.97. The fraction of sp³-hybridized carbons (Fsp3) is 0.381. The summed E-state index contributed by atoms with van der Waals surface area (Å²) in [4.78, 5) is 14.7. The van der Waals surface area contributed by atoms with Crippen LogP contribution >= 0.6 is 12.4 Å². The minimum atomic E-state index is 0. The highest BCUT2D eigenvalue weighted by atomic mass is 35.5. The molecule has 0 aliphatic carbocycles. The molecule has 26 heavy (non-hydrogen) atoms. The monoisotopic (exact) mass is 374 g/mol. The summed E-state index contributed by atoms with van der Waals surface area (Å²) in [5.41, 5.74) is 1.82. The van der Waals surface area contributed by atoms with Gasteiger partial charge in [0.25, 0.3) is 5.91 Å². The third-order valence-electron chi connectivity index (χ3n) is 4.65. The van der Waals surface area contributed by atoms with Crippen molar-refractivity contribution in [2.45, 2.75) is 19.4 Å². The maximum absolute atomic E-state index is 12.7. The summed E-state index contributed by atoms with van der Waals surface area (Å²) in [5.74, 6) is 1.55. The third-order valence-corrected chi connectivity index (χ3v) is 4.65. The molecule has 2 aromatic rings. The van der Waals surface area contributed by atoms with Crippen LogP contribution in [-0.4, -0.2) is 37.5 Å². The lowest BCUT2D eigenvalue weighted by Gasteiger charge is -2.32. The lowest BCUT2D eigenvalue weighted by molar-refractivity contribution is 0.0674. The highest BCUT2D eigenvalue weighted by molar-refractivity contribution is 5.94. The number of rotatable bonds is 6. The molecule has 4 nitrogen and oxygen atoms in total. The fourth-order valence-electron chi connectivity index (χ4n) is 3.31. The highest BCUT2D eigenvalue weighted by Crippen LogP contribution is 2.19. The molecule has 1 aliphatic heterocycles. The first-order valence-electron chi connectivity index (χ1n) is 8.97. The van der Waals surface area contributed by atoms with E-state index in [1.807, 2.05) is 66.5 Å². The molecule has 1 heterocycles. The number of carbonyl (C=O) groups is 1. The minimum Gasteiger partial charge on any atom is -0.489 e. The lowest BCUT2D eigenvalue weighted by Crippen LogP contribution is -2.42. The van der Waals surface area contributed by atoms with Crippen molar-refractivity contribution in [2.24, 2.45) is 5.92 Å². The standard InChI is InChI=1S/C21H26N2O2.ClH/c1-22-14-18-6-5-13-23(15-18)21(24)19-11-9-17(10-12-19)16-25-20-7-3-2-4-8-20;/h2-4,7-12,18,22H,5-6,13-16H2,1H3;1H. The molecule has 3 rings (SSSR count). The van der Waals surface area contributed by atoms with Crippen LogP contribution in [0, 0.1) is 5.92 Å². The Kier molecular flexibility index (Phi) is 7.95. The van der Waals surface area contributed by atoms with Gasteiger partial charge in [0, 0.05) is 18.7 Å². The molecule has 1 fully saturated rings. The van der Waals surface area contributed by atoms with Gasteiger partial charge in [0.15, 0.2) is 0 Å². The first-order chi connectivity index (χ1) is 12.3. The Balaban J connectivity index is 0.00000243. The minimum absolute atomic E-state index is 0. The molecule has 140 valence electrons. The summed E-state index contributed by atoms with van der Waals surface area (Å²) < 4.78 is 5.75. The Bertz CT molecular complexity index is 674. The van der Waals surface area contributed by atoms with Gasteiger partial charge in [-0.2, -0.15) is 0 Å². The molecule has 1 amide bonds. The van der Waals surface area contributed by atoms with Gasteiger partial charge in [0.1, 0.15) is 12.4 Å². The average molecular weight is 375 g/mol. The van der Waals surface area contributed by atoms with Crippen molar-refractivity contribution in [1.82, 2.24) is 10.2 Å². The second kappa shape index (κ2) is 10.2. The average Bonchev–Trinajstić information content (AvgIpc) is 2.67. The molecule has 0 aromatic heterocycles. The number of nitrogens with one attached hydrogen (secondary N) is 1.